The number of hydrogen-bond donors (Lipinski definition) is 1. The molecule has 0 spiro atoms. The molecule has 0 radical (unpaired) electrons. The Morgan fingerprint density at radius 1 is 1.12 bits per heavy atom. The summed E-state index contributed by atoms with van der Waals surface area (Å²) < 4.78 is 5.64. The molecule has 88 valence electrons. The van der Waals surface area contributed by atoms with Gasteiger partial charge in [0.15, 0.2) is 5.76 Å². The standard InChI is InChI=1S/C14H15NO2/c1-9-6-10(2)8-12(7-9)14-5-4-13(17-14)11(3)15-16/h4-8,16H,1-3H3/b15-11+. The summed E-state index contributed by atoms with van der Waals surface area (Å²) in [4.78, 5) is 0. The van der Waals surface area contributed by atoms with Crippen LogP contribution >= 0.6 is 0 Å². The fourth-order valence-electron chi connectivity index (χ4n) is 1.85. The van der Waals surface area contributed by atoms with Crippen molar-refractivity contribution in [1.82, 2.24) is 0 Å². The average Bonchev–Trinajstić information content (AvgIpc) is 2.76. The molecule has 17 heavy (non-hydrogen) atoms. The van der Waals surface area contributed by atoms with Crippen molar-refractivity contribution >= 4 is 5.71 Å². The van der Waals surface area contributed by atoms with Crippen LogP contribution in [0.4, 0.5) is 0 Å². The summed E-state index contributed by atoms with van der Waals surface area (Å²) in [5.74, 6) is 1.37. The molecule has 3 heteroatoms. The van der Waals surface area contributed by atoms with Gasteiger partial charge in [-0.2, -0.15) is 0 Å². The molecule has 2 rings (SSSR count). The van der Waals surface area contributed by atoms with Gasteiger partial charge in [-0.05, 0) is 45.0 Å². The van der Waals surface area contributed by atoms with Crippen LogP contribution in [0.1, 0.15) is 23.8 Å². The van der Waals surface area contributed by atoms with E-state index in [1.54, 1.807) is 6.92 Å². The van der Waals surface area contributed by atoms with E-state index in [2.05, 4.69) is 37.2 Å². The quantitative estimate of drug-likeness (QED) is 0.484. The highest BCUT2D eigenvalue weighted by Crippen LogP contribution is 2.24. The molecule has 0 saturated carbocycles. The van der Waals surface area contributed by atoms with Gasteiger partial charge < -0.3 is 9.62 Å². The number of furan rings is 1. The SMILES string of the molecule is C/C(=N\O)c1ccc(-c2cc(C)cc(C)c2)o1. The summed E-state index contributed by atoms with van der Waals surface area (Å²) in [5, 5.41) is 11.8. The first-order chi connectivity index (χ1) is 8.10. The minimum absolute atomic E-state index is 0.473. The van der Waals surface area contributed by atoms with E-state index < -0.39 is 0 Å². The topological polar surface area (TPSA) is 45.7 Å². The average molecular weight is 229 g/mol. The third kappa shape index (κ3) is 2.38. The van der Waals surface area contributed by atoms with Gasteiger partial charge in [0.1, 0.15) is 11.5 Å². The molecule has 1 aromatic heterocycles. The third-order valence-electron chi connectivity index (χ3n) is 2.62. The lowest BCUT2D eigenvalue weighted by atomic mass is 10.1. The Bertz CT molecular complexity index is 547. The molecule has 0 aliphatic carbocycles. The Morgan fingerprint density at radius 2 is 1.76 bits per heavy atom. The predicted molar refractivity (Wildman–Crippen MR) is 67.6 cm³/mol. The second-order valence-corrected chi connectivity index (χ2v) is 4.23. The van der Waals surface area contributed by atoms with Crippen LogP contribution in [0.15, 0.2) is 39.9 Å². The Kier molecular flexibility index (Phi) is 3.00. The van der Waals surface area contributed by atoms with Crippen molar-refractivity contribution in [1.29, 1.82) is 0 Å². The number of rotatable bonds is 2. The van der Waals surface area contributed by atoms with Crippen LogP contribution in [0, 0.1) is 13.8 Å². The summed E-state index contributed by atoms with van der Waals surface area (Å²) in [7, 11) is 0. The van der Waals surface area contributed by atoms with Gasteiger partial charge in [0, 0.05) is 5.56 Å². The molecule has 1 heterocycles. The zero-order valence-corrected chi connectivity index (χ0v) is 10.2. The van der Waals surface area contributed by atoms with Crippen molar-refractivity contribution in [2.45, 2.75) is 20.8 Å². The van der Waals surface area contributed by atoms with Crippen molar-refractivity contribution in [2.75, 3.05) is 0 Å². The number of hydrogen-bond acceptors (Lipinski definition) is 3. The second kappa shape index (κ2) is 4.45. The van der Waals surface area contributed by atoms with Crippen LogP contribution in [0.5, 0.6) is 0 Å². The molecule has 0 bridgehead atoms. The minimum atomic E-state index is 0.473. The Labute approximate surface area is 100 Å². The number of benzene rings is 1. The van der Waals surface area contributed by atoms with E-state index in [1.165, 1.54) is 11.1 Å². The van der Waals surface area contributed by atoms with E-state index in [0.29, 0.717) is 11.5 Å². The van der Waals surface area contributed by atoms with Gasteiger partial charge >= 0.3 is 0 Å². The lowest BCUT2D eigenvalue weighted by Gasteiger charge is -2.01. The van der Waals surface area contributed by atoms with Gasteiger partial charge in [0.05, 0.1) is 0 Å². The van der Waals surface area contributed by atoms with Crippen molar-refractivity contribution in [3.63, 3.8) is 0 Å². The van der Waals surface area contributed by atoms with Crippen LogP contribution in [-0.4, -0.2) is 10.9 Å². The fourth-order valence-corrected chi connectivity index (χ4v) is 1.85. The Hall–Kier alpha value is -2.03. The number of oxime groups is 1. The molecular weight excluding hydrogens is 214 g/mol. The van der Waals surface area contributed by atoms with Gasteiger partial charge in [0.25, 0.3) is 0 Å². The van der Waals surface area contributed by atoms with E-state index in [1.807, 2.05) is 12.1 Å². The van der Waals surface area contributed by atoms with Gasteiger partial charge in [-0.15, -0.1) is 0 Å². The molecule has 1 aromatic carbocycles. The highest BCUT2D eigenvalue weighted by Gasteiger charge is 2.08. The maximum absolute atomic E-state index is 8.68. The van der Waals surface area contributed by atoms with Crippen LogP contribution in [-0.2, 0) is 0 Å². The molecule has 0 saturated heterocycles. The summed E-state index contributed by atoms with van der Waals surface area (Å²) in [6.07, 6.45) is 0. The fraction of sp³-hybridized carbons (Fsp3) is 0.214. The number of nitrogens with zero attached hydrogens (tertiary/aromatic N) is 1. The Balaban J connectivity index is 2.43. The van der Waals surface area contributed by atoms with Gasteiger partial charge in [-0.1, -0.05) is 22.3 Å². The molecule has 1 N–H and O–H groups in total. The smallest absolute Gasteiger partial charge is 0.152 e. The van der Waals surface area contributed by atoms with E-state index in [9.17, 15) is 0 Å². The van der Waals surface area contributed by atoms with Crippen LogP contribution < -0.4 is 0 Å². The normalized spacial score (nSPS) is 11.8. The molecule has 0 atom stereocenters. The molecule has 3 nitrogen and oxygen atoms in total. The summed E-state index contributed by atoms with van der Waals surface area (Å²) >= 11 is 0. The van der Waals surface area contributed by atoms with Crippen molar-refractivity contribution in [3.05, 3.63) is 47.2 Å². The summed E-state index contributed by atoms with van der Waals surface area (Å²) in [6, 6.07) is 9.95. The van der Waals surface area contributed by atoms with Crippen LogP contribution in [0.2, 0.25) is 0 Å². The molecule has 0 aliphatic rings. The number of aryl methyl sites for hydroxylation is 2. The first-order valence-corrected chi connectivity index (χ1v) is 5.47. The van der Waals surface area contributed by atoms with Crippen LogP contribution in [0.3, 0.4) is 0 Å². The van der Waals surface area contributed by atoms with Crippen LogP contribution in [0.25, 0.3) is 11.3 Å². The summed E-state index contributed by atoms with van der Waals surface area (Å²) in [5.41, 5.74) is 3.91. The first-order valence-electron chi connectivity index (χ1n) is 5.47. The Morgan fingerprint density at radius 3 is 2.35 bits per heavy atom. The van der Waals surface area contributed by atoms with Gasteiger partial charge in [0.2, 0.25) is 0 Å². The zero-order valence-electron chi connectivity index (χ0n) is 10.2. The lowest BCUT2D eigenvalue weighted by molar-refractivity contribution is 0.317. The van der Waals surface area contributed by atoms with E-state index >= 15 is 0 Å². The molecule has 0 unspecified atom stereocenters. The largest absolute Gasteiger partial charge is 0.455 e. The third-order valence-corrected chi connectivity index (χ3v) is 2.62. The van der Waals surface area contributed by atoms with E-state index in [0.717, 1.165) is 11.3 Å². The van der Waals surface area contributed by atoms with E-state index in [4.69, 9.17) is 9.62 Å². The highest BCUT2D eigenvalue weighted by molar-refractivity contribution is 5.96. The van der Waals surface area contributed by atoms with Gasteiger partial charge in [-0.25, -0.2) is 0 Å². The zero-order chi connectivity index (χ0) is 12.4. The second-order valence-electron chi connectivity index (χ2n) is 4.23. The van der Waals surface area contributed by atoms with Crippen molar-refractivity contribution in [3.8, 4) is 11.3 Å². The molecule has 2 aromatic rings. The van der Waals surface area contributed by atoms with Crippen molar-refractivity contribution < 1.29 is 9.62 Å². The molecular formula is C14H15NO2. The summed E-state index contributed by atoms with van der Waals surface area (Å²) in [6.45, 7) is 5.81. The highest BCUT2D eigenvalue weighted by atomic mass is 16.4. The lowest BCUT2D eigenvalue weighted by Crippen LogP contribution is -1.90. The maximum atomic E-state index is 8.68. The van der Waals surface area contributed by atoms with Gasteiger partial charge in [-0.3, -0.25) is 0 Å². The van der Waals surface area contributed by atoms with Crippen molar-refractivity contribution in [2.24, 2.45) is 5.16 Å². The minimum Gasteiger partial charge on any atom is -0.455 e. The first kappa shape index (κ1) is 11.5. The molecule has 0 fully saturated rings. The predicted octanol–water partition coefficient (Wildman–Crippen LogP) is 3.76. The molecule has 0 amide bonds. The maximum Gasteiger partial charge on any atom is 0.152 e. The monoisotopic (exact) mass is 229 g/mol. The van der Waals surface area contributed by atoms with E-state index in [-0.39, 0.29) is 0 Å². The molecule has 0 aliphatic heterocycles.